The van der Waals surface area contributed by atoms with Gasteiger partial charge in [0.05, 0.1) is 0 Å². The number of ether oxygens (including phenoxy) is 1. The number of hydrogen-bond donors (Lipinski definition) is 5. The second-order valence-corrected chi connectivity index (χ2v) is 11.3. The summed E-state index contributed by atoms with van der Waals surface area (Å²) in [5, 5.41) is 27.3. The lowest BCUT2D eigenvalue weighted by molar-refractivity contribution is -0.375. The van der Waals surface area contributed by atoms with Gasteiger partial charge in [0.1, 0.15) is 29.8 Å². The first kappa shape index (κ1) is 28.5. The quantitative estimate of drug-likeness (QED) is 0.254. The van der Waals surface area contributed by atoms with Crippen molar-refractivity contribution in [1.82, 2.24) is 20.2 Å². The third-order valence-corrected chi connectivity index (χ3v) is 7.04. The topological polar surface area (TPSA) is 149 Å². The standard InChI is InChI=1S/C28H39N7O4/c1-17(2)34(13-6-12-30-27(38)33-19-9-7-18(8-10-19)28(3,4)5)15-21-22(36)23(37)26(39-21)35-14-11-20-24(29)31-16-32-25(20)35/h7-11,14,16-17,21-23,36-37H,6,12-13,15H2,1-5H3,(H3-,29,30,31,32,33,38)/p+1. The number of aromatic nitrogens is 2. The summed E-state index contributed by atoms with van der Waals surface area (Å²) in [6.07, 6.45) is 2.54. The van der Waals surface area contributed by atoms with Gasteiger partial charge in [0, 0.05) is 31.4 Å². The highest BCUT2D eigenvalue weighted by Gasteiger charge is 2.46. The van der Waals surface area contributed by atoms with E-state index in [2.05, 4.69) is 60.1 Å². The molecule has 6 N–H and O–H groups in total. The molecule has 2 aromatic rings. The SMILES string of the molecule is CC(C)N(CCCNC(=O)Nc1ccc(C(C)(C)C)cc1)CC1OC(=[N+]2C=Cc3c(N)ncnc32)C(O)C1O. The number of rotatable bonds is 8. The average Bonchev–Trinajstić information content (AvgIpc) is 3.42. The Labute approximate surface area is 229 Å². The molecule has 3 heterocycles. The molecule has 4 rings (SSSR count). The fraction of sp³-hybridized carbons (Fsp3) is 0.500. The minimum Gasteiger partial charge on any atom is -0.456 e. The molecule has 2 aliphatic heterocycles. The average molecular weight is 539 g/mol. The molecule has 2 aliphatic rings. The van der Waals surface area contributed by atoms with Crippen molar-refractivity contribution in [2.75, 3.05) is 30.7 Å². The number of nitrogens with one attached hydrogen (secondary N) is 2. The Morgan fingerprint density at radius 2 is 1.92 bits per heavy atom. The van der Waals surface area contributed by atoms with Crippen LogP contribution in [0.2, 0.25) is 0 Å². The number of fused-ring (bicyclic) bond motifs is 1. The Balaban J connectivity index is 1.29. The number of anilines is 2. The number of hydrogen-bond acceptors (Lipinski definition) is 8. The molecular formula is C28H40N7O4+. The number of aliphatic hydroxyl groups is 2. The normalized spacial score (nSPS) is 22.3. The van der Waals surface area contributed by atoms with E-state index in [-0.39, 0.29) is 23.4 Å². The molecule has 11 nitrogen and oxygen atoms in total. The Kier molecular flexibility index (Phi) is 8.53. The van der Waals surface area contributed by atoms with E-state index >= 15 is 0 Å². The van der Waals surface area contributed by atoms with Gasteiger partial charge in [0.2, 0.25) is 6.33 Å². The van der Waals surface area contributed by atoms with Crippen molar-refractivity contribution < 1.29 is 24.3 Å². The number of carbonyl (C=O) groups is 1. The van der Waals surface area contributed by atoms with Crippen molar-refractivity contribution in [3.63, 3.8) is 0 Å². The maximum absolute atomic E-state index is 12.4. The van der Waals surface area contributed by atoms with Crippen molar-refractivity contribution in [3.05, 3.63) is 47.9 Å². The second-order valence-electron chi connectivity index (χ2n) is 11.3. The van der Waals surface area contributed by atoms with E-state index in [0.717, 1.165) is 5.69 Å². The van der Waals surface area contributed by atoms with Crippen LogP contribution in [0.1, 0.15) is 52.2 Å². The molecule has 1 aromatic heterocycles. The van der Waals surface area contributed by atoms with Crippen LogP contribution >= 0.6 is 0 Å². The maximum atomic E-state index is 12.4. The molecule has 1 fully saturated rings. The lowest BCUT2D eigenvalue weighted by atomic mass is 9.87. The van der Waals surface area contributed by atoms with E-state index < -0.39 is 18.3 Å². The summed E-state index contributed by atoms with van der Waals surface area (Å²) in [5.74, 6) is 1.04. The zero-order valence-electron chi connectivity index (χ0n) is 23.3. The summed E-state index contributed by atoms with van der Waals surface area (Å²) in [4.78, 5) is 22.7. The summed E-state index contributed by atoms with van der Waals surface area (Å²) < 4.78 is 7.65. The van der Waals surface area contributed by atoms with Crippen LogP contribution in [0.15, 0.2) is 36.8 Å². The molecule has 0 bridgehead atoms. The van der Waals surface area contributed by atoms with E-state index in [1.165, 1.54) is 11.9 Å². The van der Waals surface area contributed by atoms with Crippen molar-refractivity contribution in [3.8, 4) is 0 Å². The fourth-order valence-corrected chi connectivity index (χ4v) is 4.64. The number of urea groups is 1. The third kappa shape index (κ3) is 6.55. The molecule has 0 spiro atoms. The van der Waals surface area contributed by atoms with E-state index in [9.17, 15) is 15.0 Å². The first-order valence-corrected chi connectivity index (χ1v) is 13.3. The molecule has 0 aliphatic carbocycles. The monoisotopic (exact) mass is 538 g/mol. The van der Waals surface area contributed by atoms with E-state index in [1.54, 1.807) is 16.9 Å². The number of carbonyl (C=O) groups excluding carboxylic acids is 1. The van der Waals surface area contributed by atoms with Crippen LogP contribution in [0.25, 0.3) is 6.08 Å². The second kappa shape index (κ2) is 11.7. The zero-order chi connectivity index (χ0) is 28.3. The maximum Gasteiger partial charge on any atom is 0.343 e. The van der Waals surface area contributed by atoms with Gasteiger partial charge < -0.3 is 31.3 Å². The zero-order valence-corrected chi connectivity index (χ0v) is 23.3. The molecule has 3 unspecified atom stereocenters. The summed E-state index contributed by atoms with van der Waals surface area (Å²) in [6, 6.07) is 7.78. The summed E-state index contributed by atoms with van der Waals surface area (Å²) in [6.45, 7) is 12.1. The van der Waals surface area contributed by atoms with E-state index in [0.29, 0.717) is 43.3 Å². The molecule has 3 atom stereocenters. The van der Waals surface area contributed by atoms with E-state index in [1.807, 2.05) is 24.3 Å². The van der Waals surface area contributed by atoms with Gasteiger partial charge in [0.25, 0.3) is 5.90 Å². The van der Waals surface area contributed by atoms with Crippen LogP contribution in [0.5, 0.6) is 0 Å². The fourth-order valence-electron chi connectivity index (χ4n) is 4.64. The van der Waals surface area contributed by atoms with Gasteiger partial charge in [-0.3, -0.25) is 4.90 Å². The predicted molar refractivity (Wildman–Crippen MR) is 151 cm³/mol. The number of aliphatic hydroxyl groups excluding tert-OH is 2. The molecule has 1 aromatic carbocycles. The summed E-state index contributed by atoms with van der Waals surface area (Å²) in [5.41, 5.74) is 8.57. The van der Waals surface area contributed by atoms with Gasteiger partial charge >= 0.3 is 11.8 Å². The van der Waals surface area contributed by atoms with Crippen molar-refractivity contribution in [2.24, 2.45) is 0 Å². The number of nitrogens with two attached hydrogens (primary N) is 1. The van der Waals surface area contributed by atoms with Crippen molar-refractivity contribution >= 4 is 35.3 Å². The lowest BCUT2D eigenvalue weighted by Gasteiger charge is -2.29. The smallest absolute Gasteiger partial charge is 0.343 e. The highest BCUT2D eigenvalue weighted by atomic mass is 16.5. The van der Waals surface area contributed by atoms with Crippen LogP contribution in [-0.2, 0) is 10.2 Å². The van der Waals surface area contributed by atoms with Gasteiger partial charge in [-0.2, -0.15) is 9.56 Å². The molecule has 1 saturated heterocycles. The van der Waals surface area contributed by atoms with Gasteiger partial charge in [-0.25, -0.2) is 4.79 Å². The predicted octanol–water partition coefficient (Wildman–Crippen LogP) is 2.43. The van der Waals surface area contributed by atoms with Crippen LogP contribution < -0.4 is 16.4 Å². The van der Waals surface area contributed by atoms with Crippen LogP contribution in [0.3, 0.4) is 0 Å². The van der Waals surface area contributed by atoms with Crippen LogP contribution in [0.4, 0.5) is 22.1 Å². The molecule has 210 valence electrons. The molecular weight excluding hydrogens is 498 g/mol. The molecule has 0 saturated carbocycles. The van der Waals surface area contributed by atoms with Gasteiger partial charge in [-0.15, -0.1) is 0 Å². The Morgan fingerprint density at radius 3 is 2.59 bits per heavy atom. The highest BCUT2D eigenvalue weighted by molar-refractivity contribution is 5.89. The summed E-state index contributed by atoms with van der Waals surface area (Å²) >= 11 is 0. The number of nitrogen functional groups attached to an aromatic ring is 1. The first-order valence-electron chi connectivity index (χ1n) is 13.3. The molecule has 2 amide bonds. The number of nitrogens with zero attached hydrogens (tertiary/aromatic N) is 4. The third-order valence-electron chi connectivity index (χ3n) is 7.04. The van der Waals surface area contributed by atoms with E-state index in [4.69, 9.17) is 10.5 Å². The van der Waals surface area contributed by atoms with Gasteiger partial charge in [-0.05, 0) is 54.4 Å². The van der Waals surface area contributed by atoms with Gasteiger partial charge in [0.15, 0.2) is 6.10 Å². The number of amides is 2. The lowest BCUT2D eigenvalue weighted by Crippen LogP contribution is -2.44. The van der Waals surface area contributed by atoms with Crippen molar-refractivity contribution in [2.45, 2.75) is 70.8 Å². The largest absolute Gasteiger partial charge is 0.456 e. The Morgan fingerprint density at radius 1 is 1.21 bits per heavy atom. The Bertz CT molecular complexity index is 1240. The molecule has 39 heavy (non-hydrogen) atoms. The minimum atomic E-state index is -1.21. The van der Waals surface area contributed by atoms with Crippen molar-refractivity contribution in [1.29, 1.82) is 0 Å². The number of benzene rings is 1. The highest BCUT2D eigenvalue weighted by Crippen LogP contribution is 2.30. The minimum absolute atomic E-state index is 0.0560. The molecule has 11 heteroatoms. The summed E-state index contributed by atoms with van der Waals surface area (Å²) in [7, 11) is 0. The van der Waals surface area contributed by atoms with Crippen LogP contribution in [0, 0.1) is 0 Å². The van der Waals surface area contributed by atoms with Gasteiger partial charge in [-0.1, -0.05) is 32.9 Å². The first-order chi connectivity index (χ1) is 18.5. The van der Waals surface area contributed by atoms with Crippen LogP contribution in [-0.4, -0.2) is 85.6 Å². The molecule has 0 radical (unpaired) electrons. The Hall–Kier alpha value is -3.54.